The maximum Gasteiger partial charge on any atom is 0.258 e. The molecular weight excluding hydrogens is 288 g/mol. The molecular formula is C16H13F2N3O. The van der Waals surface area contributed by atoms with Gasteiger partial charge in [-0.3, -0.25) is 4.79 Å². The van der Waals surface area contributed by atoms with Gasteiger partial charge in [0.2, 0.25) is 0 Å². The Morgan fingerprint density at radius 1 is 1.14 bits per heavy atom. The molecule has 4 nitrogen and oxygen atoms in total. The number of amides is 1. The number of carbonyl (C=O) groups excluding carboxylic acids is 1. The van der Waals surface area contributed by atoms with Crippen molar-refractivity contribution in [3.05, 3.63) is 59.4 Å². The fourth-order valence-corrected chi connectivity index (χ4v) is 2.27. The number of benzene rings is 2. The van der Waals surface area contributed by atoms with Gasteiger partial charge in [-0.2, -0.15) is 0 Å². The molecule has 0 radical (unpaired) electrons. The number of H-pyrrole nitrogens is 1. The first-order chi connectivity index (χ1) is 10.5. The topological polar surface area (TPSA) is 49.0 Å². The number of rotatable bonds is 2. The largest absolute Gasteiger partial charge is 0.342 e. The van der Waals surface area contributed by atoms with Crippen LogP contribution in [0.25, 0.3) is 11.0 Å². The summed E-state index contributed by atoms with van der Waals surface area (Å²) in [4.78, 5) is 21.1. The van der Waals surface area contributed by atoms with Gasteiger partial charge in [0.25, 0.3) is 5.91 Å². The van der Waals surface area contributed by atoms with E-state index in [-0.39, 0.29) is 5.56 Å². The molecule has 0 atom stereocenters. The van der Waals surface area contributed by atoms with Crippen LogP contribution in [0.2, 0.25) is 0 Å². The minimum atomic E-state index is -1.04. The number of hydrogen-bond acceptors (Lipinski definition) is 2. The van der Waals surface area contributed by atoms with E-state index in [1.165, 1.54) is 11.0 Å². The molecule has 0 spiro atoms. The van der Waals surface area contributed by atoms with E-state index < -0.39 is 17.5 Å². The summed E-state index contributed by atoms with van der Waals surface area (Å²) < 4.78 is 26.2. The van der Waals surface area contributed by atoms with Gasteiger partial charge in [-0.15, -0.1) is 0 Å². The second-order valence-electron chi connectivity index (χ2n) is 5.02. The highest BCUT2D eigenvalue weighted by Gasteiger charge is 2.16. The quantitative estimate of drug-likeness (QED) is 0.788. The van der Waals surface area contributed by atoms with Crippen molar-refractivity contribution >= 4 is 22.6 Å². The van der Waals surface area contributed by atoms with Gasteiger partial charge < -0.3 is 9.88 Å². The molecule has 3 aromatic rings. The van der Waals surface area contributed by atoms with Crippen LogP contribution in [0.5, 0.6) is 0 Å². The third-order valence-electron chi connectivity index (χ3n) is 3.44. The molecule has 3 rings (SSSR count). The van der Waals surface area contributed by atoms with Gasteiger partial charge in [0.15, 0.2) is 11.6 Å². The molecule has 1 heterocycles. The smallest absolute Gasteiger partial charge is 0.258 e. The lowest BCUT2D eigenvalue weighted by Gasteiger charge is -2.17. The minimum absolute atomic E-state index is 0.0855. The number of anilines is 1. The Morgan fingerprint density at radius 2 is 1.91 bits per heavy atom. The van der Waals surface area contributed by atoms with Gasteiger partial charge in [-0.25, -0.2) is 13.8 Å². The molecule has 0 bridgehead atoms. The van der Waals surface area contributed by atoms with Gasteiger partial charge in [0.05, 0.1) is 11.0 Å². The summed E-state index contributed by atoms with van der Waals surface area (Å²) in [6.45, 7) is 1.84. The Hall–Kier alpha value is -2.76. The van der Waals surface area contributed by atoms with Gasteiger partial charge >= 0.3 is 0 Å². The Kier molecular flexibility index (Phi) is 3.36. The molecule has 2 aromatic carbocycles. The molecule has 0 saturated heterocycles. The number of hydrogen-bond donors (Lipinski definition) is 1. The highest BCUT2D eigenvalue weighted by Crippen LogP contribution is 2.21. The van der Waals surface area contributed by atoms with E-state index in [4.69, 9.17) is 0 Å². The Labute approximate surface area is 125 Å². The van der Waals surface area contributed by atoms with E-state index in [9.17, 15) is 13.6 Å². The average Bonchev–Trinajstić information content (AvgIpc) is 2.87. The fourth-order valence-electron chi connectivity index (χ4n) is 2.27. The molecule has 0 aliphatic carbocycles. The number of nitrogens with one attached hydrogen (secondary N) is 1. The van der Waals surface area contributed by atoms with E-state index in [1.807, 2.05) is 6.92 Å². The van der Waals surface area contributed by atoms with E-state index in [0.29, 0.717) is 5.69 Å². The summed E-state index contributed by atoms with van der Waals surface area (Å²) in [6.07, 6.45) is 0. The number of aromatic amines is 1. The number of nitrogens with zero attached hydrogens (tertiary/aromatic N) is 2. The number of aryl methyl sites for hydroxylation is 1. The van der Waals surface area contributed by atoms with E-state index >= 15 is 0 Å². The average molecular weight is 301 g/mol. The number of fused-ring (bicyclic) bond motifs is 1. The lowest BCUT2D eigenvalue weighted by molar-refractivity contribution is 0.0992. The van der Waals surface area contributed by atoms with Crippen LogP contribution in [0.4, 0.5) is 14.5 Å². The maximum absolute atomic E-state index is 13.3. The lowest BCUT2D eigenvalue weighted by Crippen LogP contribution is -2.26. The summed E-state index contributed by atoms with van der Waals surface area (Å²) >= 11 is 0. The van der Waals surface area contributed by atoms with Gasteiger partial charge in [0, 0.05) is 18.3 Å². The van der Waals surface area contributed by atoms with Crippen LogP contribution in [0.3, 0.4) is 0 Å². The fraction of sp³-hybridized carbons (Fsp3) is 0.125. The number of imidazole rings is 1. The SMILES string of the molecule is Cc1nc2ccc(N(C)C(=O)c3ccc(F)c(F)c3)cc2[nH]1. The van der Waals surface area contributed by atoms with Crippen molar-refractivity contribution in [1.29, 1.82) is 0 Å². The zero-order valence-corrected chi connectivity index (χ0v) is 12.0. The Bertz CT molecular complexity index is 873. The monoisotopic (exact) mass is 301 g/mol. The van der Waals surface area contributed by atoms with Crippen LogP contribution in [-0.4, -0.2) is 22.9 Å². The predicted octanol–water partition coefficient (Wildman–Crippen LogP) is 3.43. The Balaban J connectivity index is 1.94. The standard InChI is InChI=1S/C16H13F2N3O/c1-9-19-14-6-4-11(8-15(14)20-9)21(2)16(22)10-3-5-12(17)13(18)7-10/h3-8H,1-2H3,(H,19,20). The number of aromatic nitrogens is 2. The van der Waals surface area contributed by atoms with Crippen molar-refractivity contribution in [2.24, 2.45) is 0 Å². The van der Waals surface area contributed by atoms with Gasteiger partial charge in [-0.05, 0) is 43.3 Å². The maximum atomic E-state index is 13.3. The third-order valence-corrected chi connectivity index (χ3v) is 3.44. The highest BCUT2D eigenvalue weighted by atomic mass is 19.2. The van der Waals surface area contributed by atoms with Crippen molar-refractivity contribution in [3.63, 3.8) is 0 Å². The molecule has 0 unspecified atom stereocenters. The van der Waals surface area contributed by atoms with Crippen LogP contribution in [-0.2, 0) is 0 Å². The highest BCUT2D eigenvalue weighted by molar-refractivity contribution is 6.06. The number of halogens is 2. The first kappa shape index (κ1) is 14.2. The van der Waals surface area contributed by atoms with Crippen molar-refractivity contribution in [2.75, 3.05) is 11.9 Å². The minimum Gasteiger partial charge on any atom is -0.342 e. The first-order valence-electron chi connectivity index (χ1n) is 6.65. The molecule has 1 amide bonds. The molecule has 0 aliphatic rings. The summed E-state index contributed by atoms with van der Waals surface area (Å²) in [6, 6.07) is 8.43. The van der Waals surface area contributed by atoms with Crippen LogP contribution < -0.4 is 4.90 Å². The van der Waals surface area contributed by atoms with Crippen molar-refractivity contribution in [1.82, 2.24) is 9.97 Å². The van der Waals surface area contributed by atoms with Crippen LogP contribution >= 0.6 is 0 Å². The predicted molar refractivity (Wildman–Crippen MR) is 79.9 cm³/mol. The van der Waals surface area contributed by atoms with E-state index in [0.717, 1.165) is 29.0 Å². The molecule has 0 aliphatic heterocycles. The first-order valence-corrected chi connectivity index (χ1v) is 6.65. The lowest BCUT2D eigenvalue weighted by atomic mass is 10.1. The second kappa shape index (κ2) is 5.22. The van der Waals surface area contributed by atoms with Crippen molar-refractivity contribution in [2.45, 2.75) is 6.92 Å². The molecule has 1 N–H and O–H groups in total. The van der Waals surface area contributed by atoms with Crippen LogP contribution in [0, 0.1) is 18.6 Å². The van der Waals surface area contributed by atoms with Gasteiger partial charge in [0.1, 0.15) is 5.82 Å². The molecule has 112 valence electrons. The van der Waals surface area contributed by atoms with E-state index in [2.05, 4.69) is 9.97 Å². The molecule has 0 saturated carbocycles. The zero-order chi connectivity index (χ0) is 15.9. The summed E-state index contributed by atoms with van der Waals surface area (Å²) in [5.74, 6) is -1.66. The third kappa shape index (κ3) is 2.43. The normalized spacial score (nSPS) is 10.9. The number of carbonyl (C=O) groups is 1. The molecule has 1 aromatic heterocycles. The Morgan fingerprint density at radius 3 is 2.64 bits per heavy atom. The molecule has 22 heavy (non-hydrogen) atoms. The van der Waals surface area contributed by atoms with Crippen molar-refractivity contribution in [3.8, 4) is 0 Å². The second-order valence-corrected chi connectivity index (χ2v) is 5.02. The van der Waals surface area contributed by atoms with E-state index in [1.54, 1.807) is 25.2 Å². The zero-order valence-electron chi connectivity index (χ0n) is 12.0. The summed E-state index contributed by atoms with van der Waals surface area (Å²) in [5.41, 5.74) is 2.32. The summed E-state index contributed by atoms with van der Waals surface area (Å²) in [5, 5.41) is 0. The van der Waals surface area contributed by atoms with Gasteiger partial charge in [-0.1, -0.05) is 0 Å². The van der Waals surface area contributed by atoms with Crippen LogP contribution in [0.15, 0.2) is 36.4 Å². The van der Waals surface area contributed by atoms with Crippen molar-refractivity contribution < 1.29 is 13.6 Å². The van der Waals surface area contributed by atoms with Crippen LogP contribution in [0.1, 0.15) is 16.2 Å². The molecule has 0 fully saturated rings. The summed E-state index contributed by atoms with van der Waals surface area (Å²) in [7, 11) is 1.58. The molecule has 6 heteroatoms.